The van der Waals surface area contributed by atoms with Gasteiger partial charge in [-0.05, 0) is 57.5 Å². The van der Waals surface area contributed by atoms with Gasteiger partial charge >= 0.3 is 0 Å². The molecule has 4 rings (SSSR count). The van der Waals surface area contributed by atoms with Crippen molar-refractivity contribution in [3.05, 3.63) is 54.1 Å². The fraction of sp³-hybridized carbons (Fsp3) is 0.304. The second-order valence-corrected chi connectivity index (χ2v) is 9.81. The SMILES string of the molecule is CCOc1ccc2nc(SCC(=O)N3c4ccccc4C(C)=CC3(C)C)sc2c1. The van der Waals surface area contributed by atoms with E-state index in [2.05, 4.69) is 37.9 Å². The number of hydrogen-bond donors (Lipinski definition) is 0. The Kier molecular flexibility index (Phi) is 5.40. The molecule has 0 saturated carbocycles. The molecule has 150 valence electrons. The molecule has 0 radical (unpaired) electrons. The predicted octanol–water partition coefficient (Wildman–Crippen LogP) is 6.02. The Bertz CT molecular complexity index is 1100. The molecule has 1 aromatic heterocycles. The van der Waals surface area contributed by atoms with Crippen LogP contribution in [-0.2, 0) is 4.79 Å². The zero-order valence-electron chi connectivity index (χ0n) is 17.1. The van der Waals surface area contributed by atoms with Gasteiger partial charge in [0.25, 0.3) is 0 Å². The van der Waals surface area contributed by atoms with Gasteiger partial charge in [-0.15, -0.1) is 11.3 Å². The molecule has 0 fully saturated rings. The van der Waals surface area contributed by atoms with Gasteiger partial charge in [0.1, 0.15) is 5.75 Å². The third-order valence-electron chi connectivity index (χ3n) is 4.94. The first-order chi connectivity index (χ1) is 13.9. The Morgan fingerprint density at radius 1 is 1.24 bits per heavy atom. The molecule has 6 heteroatoms. The zero-order chi connectivity index (χ0) is 20.6. The van der Waals surface area contributed by atoms with Gasteiger partial charge in [-0.1, -0.05) is 36.0 Å². The van der Waals surface area contributed by atoms with Crippen molar-refractivity contribution in [3.8, 4) is 5.75 Å². The number of para-hydroxylation sites is 1. The molecule has 3 aromatic rings. The van der Waals surface area contributed by atoms with Gasteiger partial charge in [0.05, 0.1) is 33.8 Å². The average molecular weight is 425 g/mol. The highest BCUT2D eigenvalue weighted by atomic mass is 32.2. The van der Waals surface area contributed by atoms with Crippen LogP contribution in [0, 0.1) is 0 Å². The number of thiazole rings is 1. The van der Waals surface area contributed by atoms with Crippen LogP contribution < -0.4 is 9.64 Å². The summed E-state index contributed by atoms with van der Waals surface area (Å²) in [7, 11) is 0. The highest BCUT2D eigenvalue weighted by molar-refractivity contribution is 8.01. The summed E-state index contributed by atoms with van der Waals surface area (Å²) in [6, 6.07) is 14.0. The second kappa shape index (κ2) is 7.84. The highest BCUT2D eigenvalue weighted by Gasteiger charge is 2.35. The number of aromatic nitrogens is 1. The molecule has 1 aliphatic rings. The molecule has 0 unspecified atom stereocenters. The van der Waals surface area contributed by atoms with Crippen LogP contribution in [0.25, 0.3) is 15.8 Å². The third-order valence-corrected chi connectivity index (χ3v) is 7.08. The number of thioether (sulfide) groups is 1. The molecule has 2 aromatic carbocycles. The Balaban J connectivity index is 1.54. The minimum absolute atomic E-state index is 0.0884. The molecule has 29 heavy (non-hydrogen) atoms. The van der Waals surface area contributed by atoms with Crippen molar-refractivity contribution in [2.24, 2.45) is 0 Å². The quantitative estimate of drug-likeness (QED) is 0.470. The highest BCUT2D eigenvalue weighted by Crippen LogP contribution is 2.39. The van der Waals surface area contributed by atoms with Crippen molar-refractivity contribution in [3.63, 3.8) is 0 Å². The first-order valence-corrected chi connectivity index (χ1v) is 11.5. The van der Waals surface area contributed by atoms with Crippen LogP contribution in [0.3, 0.4) is 0 Å². The van der Waals surface area contributed by atoms with Gasteiger partial charge in [0, 0.05) is 5.56 Å². The maximum absolute atomic E-state index is 13.2. The zero-order valence-corrected chi connectivity index (χ0v) is 18.7. The van der Waals surface area contributed by atoms with E-state index in [-0.39, 0.29) is 11.4 Å². The second-order valence-electron chi connectivity index (χ2n) is 7.56. The van der Waals surface area contributed by atoms with Gasteiger partial charge in [-0.2, -0.15) is 0 Å². The Hall–Kier alpha value is -2.31. The van der Waals surface area contributed by atoms with Crippen LogP contribution in [0.4, 0.5) is 5.69 Å². The first kappa shape index (κ1) is 20.0. The van der Waals surface area contributed by atoms with Crippen molar-refractivity contribution in [2.75, 3.05) is 17.3 Å². The molecule has 2 heterocycles. The smallest absolute Gasteiger partial charge is 0.238 e. The number of hydrogen-bond acceptors (Lipinski definition) is 5. The number of benzene rings is 2. The van der Waals surface area contributed by atoms with E-state index in [9.17, 15) is 4.79 Å². The summed E-state index contributed by atoms with van der Waals surface area (Å²) in [5, 5.41) is 0. The number of carbonyl (C=O) groups excluding carboxylic acids is 1. The molecule has 0 aliphatic carbocycles. The maximum atomic E-state index is 13.2. The summed E-state index contributed by atoms with van der Waals surface area (Å²) in [4.78, 5) is 19.8. The van der Waals surface area contributed by atoms with E-state index in [1.165, 1.54) is 17.3 Å². The van der Waals surface area contributed by atoms with Crippen LogP contribution in [0.2, 0.25) is 0 Å². The van der Waals surface area contributed by atoms with Crippen LogP contribution in [0.1, 0.15) is 33.3 Å². The van der Waals surface area contributed by atoms with Gasteiger partial charge in [0.2, 0.25) is 5.91 Å². The lowest BCUT2D eigenvalue weighted by Gasteiger charge is -2.41. The van der Waals surface area contributed by atoms with E-state index in [0.717, 1.165) is 31.6 Å². The van der Waals surface area contributed by atoms with Gasteiger partial charge in [-0.25, -0.2) is 4.98 Å². The van der Waals surface area contributed by atoms with Crippen LogP contribution >= 0.6 is 23.1 Å². The van der Waals surface area contributed by atoms with Crippen LogP contribution in [0.15, 0.2) is 52.9 Å². The minimum Gasteiger partial charge on any atom is -0.494 e. The molecular weight excluding hydrogens is 400 g/mol. The lowest BCUT2D eigenvalue weighted by Crippen LogP contribution is -2.49. The molecular formula is C23H24N2O2S2. The van der Waals surface area contributed by atoms with Gasteiger partial charge < -0.3 is 9.64 Å². The molecule has 1 amide bonds. The Morgan fingerprint density at radius 2 is 2.03 bits per heavy atom. The standard InChI is InChI=1S/C23H24N2O2S2/c1-5-27-16-10-11-18-20(12-16)29-22(24-18)28-14-21(26)25-19-9-7-6-8-17(19)15(2)13-23(25,3)4/h6-13H,5,14H2,1-4H3. The lowest BCUT2D eigenvalue weighted by molar-refractivity contribution is -0.116. The normalized spacial score (nSPS) is 15.2. The van der Waals surface area contributed by atoms with Gasteiger partial charge in [-0.3, -0.25) is 4.79 Å². The summed E-state index contributed by atoms with van der Waals surface area (Å²) in [5.74, 6) is 1.29. The van der Waals surface area contributed by atoms with Crippen molar-refractivity contribution in [1.29, 1.82) is 0 Å². The topological polar surface area (TPSA) is 42.4 Å². The number of nitrogens with zero attached hydrogens (tertiary/aromatic N) is 2. The molecule has 0 atom stereocenters. The number of anilines is 1. The predicted molar refractivity (Wildman–Crippen MR) is 123 cm³/mol. The summed E-state index contributed by atoms with van der Waals surface area (Å²) >= 11 is 3.10. The molecule has 1 aliphatic heterocycles. The maximum Gasteiger partial charge on any atom is 0.238 e. The fourth-order valence-electron chi connectivity index (χ4n) is 3.83. The van der Waals surface area contributed by atoms with Crippen LogP contribution in [-0.4, -0.2) is 28.8 Å². The number of carbonyl (C=O) groups is 1. The minimum atomic E-state index is -0.365. The Labute approximate surface area is 179 Å². The first-order valence-electron chi connectivity index (χ1n) is 9.67. The van der Waals surface area contributed by atoms with E-state index < -0.39 is 0 Å². The molecule has 0 spiro atoms. The third kappa shape index (κ3) is 3.91. The molecule has 0 saturated heterocycles. The van der Waals surface area contributed by atoms with E-state index in [1.54, 1.807) is 11.3 Å². The molecule has 0 bridgehead atoms. The summed E-state index contributed by atoms with van der Waals surface area (Å²) in [6.45, 7) is 8.89. The number of amides is 1. The fourth-order valence-corrected chi connectivity index (χ4v) is 5.78. The average Bonchev–Trinajstić information content (AvgIpc) is 3.08. The number of allylic oxidation sites excluding steroid dienone is 1. The number of fused-ring (bicyclic) bond motifs is 2. The summed E-state index contributed by atoms with van der Waals surface area (Å²) in [6.07, 6.45) is 2.17. The number of ether oxygens (including phenoxy) is 1. The van der Waals surface area contributed by atoms with Crippen molar-refractivity contribution < 1.29 is 9.53 Å². The van der Waals surface area contributed by atoms with E-state index in [0.29, 0.717) is 12.4 Å². The van der Waals surface area contributed by atoms with Crippen molar-refractivity contribution in [2.45, 2.75) is 37.6 Å². The van der Waals surface area contributed by atoms with E-state index in [1.807, 2.05) is 48.2 Å². The molecule has 4 nitrogen and oxygen atoms in total. The van der Waals surface area contributed by atoms with Crippen LogP contribution in [0.5, 0.6) is 5.75 Å². The summed E-state index contributed by atoms with van der Waals surface area (Å²) in [5.41, 5.74) is 3.88. The summed E-state index contributed by atoms with van der Waals surface area (Å²) < 4.78 is 7.55. The van der Waals surface area contributed by atoms with E-state index in [4.69, 9.17) is 4.74 Å². The largest absolute Gasteiger partial charge is 0.494 e. The monoisotopic (exact) mass is 424 g/mol. The molecule has 0 N–H and O–H groups in total. The van der Waals surface area contributed by atoms with E-state index >= 15 is 0 Å². The van der Waals surface area contributed by atoms with Crippen molar-refractivity contribution >= 4 is 50.5 Å². The Morgan fingerprint density at radius 3 is 2.83 bits per heavy atom. The van der Waals surface area contributed by atoms with Crippen molar-refractivity contribution in [1.82, 2.24) is 4.98 Å². The number of rotatable bonds is 5. The van der Waals surface area contributed by atoms with Gasteiger partial charge in [0.15, 0.2) is 4.34 Å². The lowest BCUT2D eigenvalue weighted by atomic mass is 9.89.